The van der Waals surface area contributed by atoms with E-state index in [4.69, 9.17) is 16.3 Å². The molecule has 0 bridgehead atoms. The number of fused-ring (bicyclic) bond motifs is 1. The van der Waals surface area contributed by atoms with Crippen LogP contribution >= 0.6 is 22.9 Å². The highest BCUT2D eigenvalue weighted by atomic mass is 35.5. The Labute approximate surface area is 224 Å². The Morgan fingerprint density at radius 1 is 1.18 bits per heavy atom. The van der Waals surface area contributed by atoms with Crippen molar-refractivity contribution in [2.45, 2.75) is 38.2 Å². The Morgan fingerprint density at radius 3 is 2.71 bits per heavy atom. The zero-order valence-corrected chi connectivity index (χ0v) is 21.8. The molecule has 0 saturated heterocycles. The SMILES string of the molecule is COc1cnc(Cl)cc1-c1cc(C)ncc1C(=O)Nc1nc2ncc(C3=CCC(O)(C(F)F)CC3)nc2s1. The first-order valence-corrected chi connectivity index (χ1v) is 12.7. The van der Waals surface area contributed by atoms with E-state index in [1.54, 1.807) is 25.1 Å². The van der Waals surface area contributed by atoms with Crippen LogP contribution in [0.25, 0.3) is 27.2 Å². The van der Waals surface area contributed by atoms with Crippen molar-refractivity contribution in [3.8, 4) is 16.9 Å². The van der Waals surface area contributed by atoms with Crippen molar-refractivity contribution in [1.82, 2.24) is 24.9 Å². The van der Waals surface area contributed by atoms with E-state index in [0.717, 1.165) is 16.9 Å². The number of ether oxygens (including phenoxy) is 1. The lowest BCUT2D eigenvalue weighted by molar-refractivity contribution is -0.0995. The molecule has 1 aliphatic carbocycles. The number of anilines is 1. The van der Waals surface area contributed by atoms with Crippen molar-refractivity contribution < 1.29 is 23.4 Å². The summed E-state index contributed by atoms with van der Waals surface area (Å²) < 4.78 is 31.6. The fourth-order valence-corrected chi connectivity index (χ4v) is 5.08. The van der Waals surface area contributed by atoms with Crippen LogP contribution in [0.5, 0.6) is 5.75 Å². The predicted molar refractivity (Wildman–Crippen MR) is 140 cm³/mol. The summed E-state index contributed by atoms with van der Waals surface area (Å²) >= 11 is 7.24. The number of hydrogen-bond donors (Lipinski definition) is 2. The summed E-state index contributed by atoms with van der Waals surface area (Å²) in [6.07, 6.45) is 3.22. The Hall–Kier alpha value is -3.61. The lowest BCUT2D eigenvalue weighted by atomic mass is 9.85. The smallest absolute Gasteiger partial charge is 0.267 e. The first-order valence-electron chi connectivity index (χ1n) is 11.5. The number of amides is 1. The standard InChI is InChI=1S/C25H21ClF2N6O3S/c1-12-7-14(15-8-19(26)30-11-18(15)37-2)16(9-29-12)21(35)34-24-33-20-22(38-24)32-17(10-31-20)13-3-5-25(36,6-4-13)23(27)28/h3,7-11,23,36H,4-6H2,1-2H3,(H,31,33,34,35). The third-order valence-corrected chi connectivity index (χ3v) is 7.30. The topological polar surface area (TPSA) is 123 Å². The minimum Gasteiger partial charge on any atom is -0.494 e. The van der Waals surface area contributed by atoms with Gasteiger partial charge in [0.25, 0.3) is 12.3 Å². The summed E-state index contributed by atoms with van der Waals surface area (Å²) in [6, 6.07) is 3.37. The van der Waals surface area contributed by atoms with Gasteiger partial charge in [-0.15, -0.1) is 0 Å². The van der Waals surface area contributed by atoms with Gasteiger partial charge in [0.2, 0.25) is 0 Å². The summed E-state index contributed by atoms with van der Waals surface area (Å²) in [5, 5.41) is 13.3. The van der Waals surface area contributed by atoms with E-state index in [1.165, 1.54) is 25.7 Å². The molecule has 9 nitrogen and oxygen atoms in total. The van der Waals surface area contributed by atoms with Crippen molar-refractivity contribution in [2.75, 3.05) is 12.4 Å². The number of carbonyl (C=O) groups is 1. The monoisotopic (exact) mass is 558 g/mol. The van der Waals surface area contributed by atoms with Gasteiger partial charge in [-0.25, -0.2) is 23.7 Å². The number of allylic oxidation sites excluding steroid dienone is 1. The number of pyridine rings is 2. The molecule has 0 spiro atoms. The lowest BCUT2D eigenvalue weighted by Crippen LogP contribution is -2.38. The molecular weight excluding hydrogens is 538 g/mol. The van der Waals surface area contributed by atoms with Crippen LogP contribution in [0.2, 0.25) is 5.15 Å². The minimum atomic E-state index is -2.82. The van der Waals surface area contributed by atoms with Gasteiger partial charge in [-0.3, -0.25) is 15.1 Å². The van der Waals surface area contributed by atoms with Crippen LogP contribution in [0.1, 0.15) is 41.0 Å². The molecule has 0 aromatic carbocycles. The van der Waals surface area contributed by atoms with Gasteiger partial charge in [-0.1, -0.05) is 29.0 Å². The Kier molecular flexibility index (Phi) is 7.03. The molecule has 38 heavy (non-hydrogen) atoms. The Morgan fingerprint density at radius 2 is 2.00 bits per heavy atom. The Balaban J connectivity index is 1.42. The van der Waals surface area contributed by atoms with Gasteiger partial charge in [-0.05, 0) is 37.5 Å². The fourth-order valence-electron chi connectivity index (χ4n) is 4.13. The molecule has 4 aromatic rings. The quantitative estimate of drug-likeness (QED) is 0.304. The van der Waals surface area contributed by atoms with Crippen molar-refractivity contribution in [3.63, 3.8) is 0 Å². The average Bonchev–Trinajstić information content (AvgIpc) is 3.30. The second kappa shape index (κ2) is 10.3. The number of nitrogens with one attached hydrogen (secondary N) is 1. The van der Waals surface area contributed by atoms with E-state index in [2.05, 4.69) is 30.2 Å². The lowest BCUT2D eigenvalue weighted by Gasteiger charge is -2.30. The molecule has 4 aromatic heterocycles. The largest absolute Gasteiger partial charge is 0.494 e. The number of aliphatic hydroxyl groups is 1. The third-order valence-electron chi connectivity index (χ3n) is 6.24. The Bertz CT molecular complexity index is 1580. The van der Waals surface area contributed by atoms with Crippen molar-refractivity contribution >= 4 is 50.0 Å². The molecule has 0 fully saturated rings. The van der Waals surface area contributed by atoms with Crippen LogP contribution < -0.4 is 10.1 Å². The molecule has 0 aliphatic heterocycles. The molecule has 0 radical (unpaired) electrons. The summed E-state index contributed by atoms with van der Waals surface area (Å²) in [4.78, 5) is 35.3. The molecule has 4 heterocycles. The molecule has 1 aliphatic rings. The number of rotatable bonds is 6. The van der Waals surface area contributed by atoms with E-state index in [0.29, 0.717) is 38.7 Å². The number of aryl methyl sites for hydroxylation is 1. The van der Waals surface area contributed by atoms with E-state index < -0.39 is 17.9 Å². The average molecular weight is 559 g/mol. The van der Waals surface area contributed by atoms with Gasteiger partial charge < -0.3 is 9.84 Å². The normalized spacial score (nSPS) is 17.5. The van der Waals surface area contributed by atoms with Crippen LogP contribution in [0.3, 0.4) is 0 Å². The van der Waals surface area contributed by atoms with Gasteiger partial charge in [0.1, 0.15) is 16.5 Å². The fraction of sp³-hybridized carbons (Fsp3) is 0.280. The summed E-state index contributed by atoms with van der Waals surface area (Å²) in [5.74, 6) is -0.0120. The van der Waals surface area contributed by atoms with Crippen LogP contribution in [-0.2, 0) is 0 Å². The molecule has 2 N–H and O–H groups in total. The van der Waals surface area contributed by atoms with Crippen LogP contribution in [-0.4, -0.2) is 55.1 Å². The van der Waals surface area contributed by atoms with E-state index in [9.17, 15) is 18.7 Å². The number of hydrogen-bond acceptors (Lipinski definition) is 9. The maximum absolute atomic E-state index is 13.3. The molecule has 1 amide bonds. The zero-order chi connectivity index (χ0) is 27.0. The highest BCUT2D eigenvalue weighted by Crippen LogP contribution is 2.37. The van der Waals surface area contributed by atoms with E-state index in [1.807, 2.05) is 0 Å². The van der Waals surface area contributed by atoms with Crippen molar-refractivity contribution in [1.29, 1.82) is 0 Å². The van der Waals surface area contributed by atoms with Gasteiger partial charge in [0.05, 0.1) is 30.8 Å². The molecule has 1 unspecified atom stereocenters. The maximum Gasteiger partial charge on any atom is 0.267 e. The number of carbonyl (C=O) groups excluding carboxylic acids is 1. The molecule has 0 saturated carbocycles. The summed E-state index contributed by atoms with van der Waals surface area (Å²) in [7, 11) is 1.50. The summed E-state index contributed by atoms with van der Waals surface area (Å²) in [6.45, 7) is 1.80. The molecule has 1 atom stereocenters. The second-order valence-electron chi connectivity index (χ2n) is 8.77. The number of halogens is 3. The van der Waals surface area contributed by atoms with Crippen molar-refractivity contribution in [2.24, 2.45) is 0 Å². The number of thiazole rings is 1. The van der Waals surface area contributed by atoms with Crippen LogP contribution in [0, 0.1) is 6.92 Å². The number of nitrogens with zero attached hydrogens (tertiary/aromatic N) is 5. The number of alkyl halides is 2. The second-order valence-corrected chi connectivity index (χ2v) is 10.1. The molecular formula is C25H21ClF2N6O3S. The maximum atomic E-state index is 13.3. The van der Waals surface area contributed by atoms with Gasteiger partial charge >= 0.3 is 0 Å². The van der Waals surface area contributed by atoms with E-state index in [-0.39, 0.29) is 35.1 Å². The zero-order valence-electron chi connectivity index (χ0n) is 20.2. The highest BCUT2D eigenvalue weighted by Gasteiger charge is 2.39. The number of methoxy groups -OCH3 is 1. The van der Waals surface area contributed by atoms with Crippen LogP contribution in [0.4, 0.5) is 13.9 Å². The third kappa shape index (κ3) is 5.06. The minimum absolute atomic E-state index is 0.0688. The van der Waals surface area contributed by atoms with Gasteiger partial charge in [-0.2, -0.15) is 4.98 Å². The predicted octanol–water partition coefficient (Wildman–Crippen LogP) is 5.33. The highest BCUT2D eigenvalue weighted by molar-refractivity contribution is 7.21. The first-order chi connectivity index (χ1) is 18.2. The molecule has 13 heteroatoms. The number of aromatic nitrogens is 5. The molecule has 5 rings (SSSR count). The van der Waals surface area contributed by atoms with E-state index >= 15 is 0 Å². The first kappa shape index (κ1) is 26.0. The van der Waals surface area contributed by atoms with Crippen molar-refractivity contribution in [3.05, 3.63) is 58.9 Å². The van der Waals surface area contributed by atoms with Gasteiger partial charge in [0.15, 0.2) is 15.6 Å². The van der Waals surface area contributed by atoms with Gasteiger partial charge in [0, 0.05) is 29.4 Å². The molecule has 196 valence electrons. The van der Waals surface area contributed by atoms with Crippen LogP contribution in [0.15, 0.2) is 36.8 Å². The summed E-state index contributed by atoms with van der Waals surface area (Å²) in [5.41, 5.74) is 1.67.